The second-order valence-corrected chi connectivity index (χ2v) is 11.1. The molecule has 9 aromatic rings. The molecular formula is C38H23N5O2. The number of benzene rings is 6. The fourth-order valence-corrected chi connectivity index (χ4v) is 6.44. The molecule has 3 aromatic heterocycles. The van der Waals surface area contributed by atoms with Crippen LogP contribution in [0, 0.1) is 0 Å². The van der Waals surface area contributed by atoms with Gasteiger partial charge in [-0.25, -0.2) is 0 Å². The van der Waals surface area contributed by atoms with E-state index in [1.165, 1.54) is 0 Å². The minimum atomic E-state index is 0.0241. The molecule has 0 bridgehead atoms. The number of aromatic nitrogens is 5. The summed E-state index contributed by atoms with van der Waals surface area (Å²) in [5.41, 5.74) is 7.58. The van der Waals surface area contributed by atoms with E-state index in [9.17, 15) is 9.59 Å². The maximum absolute atomic E-state index is 13.2. The summed E-state index contributed by atoms with van der Waals surface area (Å²) < 4.78 is 4.23. The van der Waals surface area contributed by atoms with Crippen LogP contribution >= 0.6 is 0 Å². The molecule has 0 aliphatic carbocycles. The van der Waals surface area contributed by atoms with Gasteiger partial charge in [0.15, 0.2) is 10.9 Å². The van der Waals surface area contributed by atoms with Crippen molar-refractivity contribution in [3.63, 3.8) is 0 Å². The second-order valence-electron chi connectivity index (χ2n) is 11.1. The number of nitrogens with zero attached hydrogens (tertiary/aromatic N) is 5. The Morgan fingerprint density at radius 1 is 0.378 bits per heavy atom. The van der Waals surface area contributed by atoms with Gasteiger partial charge in [-0.15, -0.1) is 10.2 Å². The van der Waals surface area contributed by atoms with Gasteiger partial charge >= 0.3 is 0 Å². The highest BCUT2D eigenvalue weighted by Gasteiger charge is 2.15. The first kappa shape index (κ1) is 25.2. The molecule has 0 fully saturated rings. The van der Waals surface area contributed by atoms with E-state index in [0.717, 1.165) is 50.2 Å². The number of fused-ring (bicyclic) bond motifs is 5. The molecule has 0 spiro atoms. The SMILES string of the molecule is O=c1c2ccccc2n(-c2ccc(-n3nc4ccc(-n5c6ccccc6c(=O)c6ccccc65)cc4n3)cc2)c2ccccc12. The number of pyridine rings is 2. The first-order chi connectivity index (χ1) is 22.2. The summed E-state index contributed by atoms with van der Waals surface area (Å²) in [5, 5.41) is 12.3. The molecule has 0 amide bonds. The van der Waals surface area contributed by atoms with Crippen molar-refractivity contribution in [1.29, 1.82) is 0 Å². The van der Waals surface area contributed by atoms with Crippen molar-refractivity contribution in [2.24, 2.45) is 0 Å². The number of hydrogen-bond acceptors (Lipinski definition) is 4. The van der Waals surface area contributed by atoms with Crippen LogP contribution in [0.4, 0.5) is 0 Å². The van der Waals surface area contributed by atoms with E-state index in [1.807, 2.05) is 140 Å². The summed E-state index contributed by atoms with van der Waals surface area (Å²) in [5.74, 6) is 0. The second kappa shape index (κ2) is 9.59. The predicted molar refractivity (Wildman–Crippen MR) is 180 cm³/mol. The average molecular weight is 582 g/mol. The van der Waals surface area contributed by atoms with Crippen molar-refractivity contribution < 1.29 is 0 Å². The van der Waals surface area contributed by atoms with Gasteiger partial charge in [-0.2, -0.15) is 4.80 Å². The van der Waals surface area contributed by atoms with Crippen LogP contribution in [0.1, 0.15) is 0 Å². The van der Waals surface area contributed by atoms with Crippen LogP contribution in [0.25, 0.3) is 71.7 Å². The van der Waals surface area contributed by atoms with Gasteiger partial charge in [-0.05, 0) is 91.0 Å². The first-order valence-electron chi connectivity index (χ1n) is 14.7. The van der Waals surface area contributed by atoms with E-state index in [4.69, 9.17) is 10.2 Å². The van der Waals surface area contributed by atoms with E-state index < -0.39 is 0 Å². The maximum Gasteiger partial charge on any atom is 0.197 e. The van der Waals surface area contributed by atoms with E-state index in [2.05, 4.69) is 9.13 Å². The molecular weight excluding hydrogens is 558 g/mol. The van der Waals surface area contributed by atoms with Crippen LogP contribution in [0.3, 0.4) is 0 Å². The third-order valence-electron chi connectivity index (χ3n) is 8.52. The van der Waals surface area contributed by atoms with Crippen LogP contribution in [0.15, 0.2) is 149 Å². The van der Waals surface area contributed by atoms with E-state index in [1.54, 1.807) is 4.80 Å². The highest BCUT2D eigenvalue weighted by Crippen LogP contribution is 2.27. The topological polar surface area (TPSA) is 74.7 Å². The van der Waals surface area contributed by atoms with Crippen LogP contribution in [-0.2, 0) is 0 Å². The Labute approximate surface area is 255 Å². The third-order valence-corrected chi connectivity index (χ3v) is 8.52. The molecule has 0 aliphatic heterocycles. The molecule has 9 rings (SSSR count). The van der Waals surface area contributed by atoms with Gasteiger partial charge in [0.25, 0.3) is 0 Å². The summed E-state index contributed by atoms with van der Waals surface area (Å²) >= 11 is 0. The van der Waals surface area contributed by atoms with Crippen molar-refractivity contribution in [2.75, 3.05) is 0 Å². The molecule has 45 heavy (non-hydrogen) atoms. The highest BCUT2D eigenvalue weighted by molar-refractivity contribution is 5.96. The maximum atomic E-state index is 13.2. The zero-order valence-corrected chi connectivity index (χ0v) is 23.8. The number of rotatable bonds is 3. The van der Waals surface area contributed by atoms with E-state index in [0.29, 0.717) is 21.5 Å². The van der Waals surface area contributed by atoms with E-state index >= 15 is 0 Å². The molecule has 0 unspecified atom stereocenters. The zero-order chi connectivity index (χ0) is 30.1. The largest absolute Gasteiger partial charge is 0.309 e. The molecule has 212 valence electrons. The lowest BCUT2D eigenvalue weighted by atomic mass is 10.1. The molecule has 0 saturated heterocycles. The quantitative estimate of drug-likeness (QED) is 0.205. The van der Waals surface area contributed by atoms with Gasteiger partial charge in [-0.1, -0.05) is 48.5 Å². The minimum absolute atomic E-state index is 0.0241. The van der Waals surface area contributed by atoms with Crippen molar-refractivity contribution in [3.05, 3.63) is 160 Å². The van der Waals surface area contributed by atoms with Crippen LogP contribution < -0.4 is 10.9 Å². The van der Waals surface area contributed by atoms with Gasteiger partial charge < -0.3 is 9.13 Å². The lowest BCUT2D eigenvalue weighted by Gasteiger charge is -2.15. The Morgan fingerprint density at radius 3 is 1.24 bits per heavy atom. The van der Waals surface area contributed by atoms with E-state index in [-0.39, 0.29) is 10.9 Å². The standard InChI is InChI=1S/C38H23N5O2/c44-37-27-9-1-5-13-33(27)41(34-14-6-2-10-28(34)37)24-17-19-25(20-18-24)43-39-31-22-21-26(23-32(31)40-43)42-35-15-7-3-11-29(35)38(45)30-12-4-8-16-36(30)42/h1-23H. The Hall–Kier alpha value is -6.34. The van der Waals surface area contributed by atoms with Crippen LogP contribution in [0.5, 0.6) is 0 Å². The molecule has 7 heteroatoms. The fraction of sp³-hybridized carbons (Fsp3) is 0. The fourth-order valence-electron chi connectivity index (χ4n) is 6.44. The van der Waals surface area contributed by atoms with Crippen molar-refractivity contribution in [3.8, 4) is 17.1 Å². The highest BCUT2D eigenvalue weighted by atomic mass is 16.1. The van der Waals surface area contributed by atoms with Crippen molar-refractivity contribution >= 4 is 54.6 Å². The Morgan fingerprint density at radius 2 is 0.756 bits per heavy atom. The molecule has 0 radical (unpaired) electrons. The molecule has 7 nitrogen and oxygen atoms in total. The molecule has 0 saturated carbocycles. The summed E-state index contributed by atoms with van der Waals surface area (Å²) in [4.78, 5) is 28.1. The average Bonchev–Trinajstić information content (AvgIpc) is 3.53. The Bertz CT molecular complexity index is 2640. The van der Waals surface area contributed by atoms with Gasteiger partial charge in [0.1, 0.15) is 11.0 Å². The summed E-state index contributed by atoms with van der Waals surface area (Å²) in [6.07, 6.45) is 0. The summed E-state index contributed by atoms with van der Waals surface area (Å²) in [6.45, 7) is 0. The van der Waals surface area contributed by atoms with Gasteiger partial charge in [0, 0.05) is 32.9 Å². The van der Waals surface area contributed by atoms with Gasteiger partial charge in [-0.3, -0.25) is 9.59 Å². The van der Waals surface area contributed by atoms with Gasteiger partial charge in [0.05, 0.1) is 27.8 Å². The smallest absolute Gasteiger partial charge is 0.197 e. The predicted octanol–water partition coefficient (Wildman–Crippen LogP) is 7.34. The molecule has 3 heterocycles. The monoisotopic (exact) mass is 581 g/mol. The van der Waals surface area contributed by atoms with Crippen molar-refractivity contribution in [2.45, 2.75) is 0 Å². The number of para-hydroxylation sites is 4. The van der Waals surface area contributed by atoms with Crippen LogP contribution in [0.2, 0.25) is 0 Å². The molecule has 0 aliphatic rings. The zero-order valence-electron chi connectivity index (χ0n) is 23.8. The normalized spacial score (nSPS) is 11.7. The first-order valence-corrected chi connectivity index (χ1v) is 14.7. The molecule has 6 aromatic carbocycles. The lowest BCUT2D eigenvalue weighted by molar-refractivity contribution is 0.765. The van der Waals surface area contributed by atoms with Gasteiger partial charge in [0.2, 0.25) is 0 Å². The van der Waals surface area contributed by atoms with Crippen LogP contribution in [-0.4, -0.2) is 24.1 Å². The minimum Gasteiger partial charge on any atom is -0.309 e. The Kier molecular flexibility index (Phi) is 5.37. The summed E-state index contributed by atoms with van der Waals surface area (Å²) in [7, 11) is 0. The third kappa shape index (κ3) is 3.77. The van der Waals surface area contributed by atoms with Crippen molar-refractivity contribution in [1.82, 2.24) is 24.1 Å². The Balaban J connectivity index is 1.17. The summed E-state index contributed by atoms with van der Waals surface area (Å²) in [6, 6.07) is 44.8. The lowest BCUT2D eigenvalue weighted by Crippen LogP contribution is -2.10. The molecule has 0 N–H and O–H groups in total. The number of hydrogen-bond donors (Lipinski definition) is 0. The molecule has 0 atom stereocenters.